The highest BCUT2D eigenvalue weighted by atomic mass is 16.2. The monoisotopic (exact) mass is 213 g/mol. The molecule has 6 nitrogen and oxygen atoms in total. The van der Waals surface area contributed by atoms with Crippen LogP contribution in [-0.4, -0.2) is 48.8 Å². The van der Waals surface area contributed by atoms with Crippen LogP contribution in [0.2, 0.25) is 0 Å². The van der Waals surface area contributed by atoms with Gasteiger partial charge in [0.2, 0.25) is 17.7 Å². The summed E-state index contributed by atoms with van der Waals surface area (Å²) < 4.78 is 0. The second kappa shape index (κ2) is 4.88. The van der Waals surface area contributed by atoms with Gasteiger partial charge < -0.3 is 10.6 Å². The first-order valence-corrected chi connectivity index (χ1v) is 4.82. The van der Waals surface area contributed by atoms with Crippen molar-refractivity contribution in [2.45, 2.75) is 19.4 Å². The lowest BCUT2D eigenvalue weighted by Gasteiger charge is -2.25. The molecule has 0 bridgehead atoms. The van der Waals surface area contributed by atoms with E-state index < -0.39 is 11.8 Å². The molecule has 1 saturated heterocycles. The predicted molar refractivity (Wildman–Crippen MR) is 52.9 cm³/mol. The molecular weight excluding hydrogens is 198 g/mol. The van der Waals surface area contributed by atoms with Crippen molar-refractivity contribution in [3.05, 3.63) is 0 Å². The molecule has 1 rings (SSSR count). The number of hydrogen-bond donors (Lipinski definition) is 2. The van der Waals surface area contributed by atoms with Crippen molar-refractivity contribution in [1.29, 1.82) is 0 Å². The lowest BCUT2D eigenvalue weighted by molar-refractivity contribution is -0.145. The van der Waals surface area contributed by atoms with Crippen molar-refractivity contribution < 1.29 is 14.4 Å². The summed E-state index contributed by atoms with van der Waals surface area (Å²) in [5, 5.41) is 5.27. The highest BCUT2D eigenvalue weighted by Gasteiger charge is 2.30. The van der Waals surface area contributed by atoms with Gasteiger partial charge in [0.15, 0.2) is 0 Å². The normalized spacial score (nSPS) is 19.9. The van der Waals surface area contributed by atoms with Crippen LogP contribution in [0.1, 0.15) is 13.3 Å². The van der Waals surface area contributed by atoms with Crippen LogP contribution in [0.25, 0.3) is 0 Å². The number of nitrogens with zero attached hydrogens (tertiary/aromatic N) is 1. The highest BCUT2D eigenvalue weighted by molar-refractivity contribution is 6.08. The molecule has 1 aliphatic heterocycles. The molecule has 6 heteroatoms. The Balaban J connectivity index is 2.78. The van der Waals surface area contributed by atoms with E-state index in [2.05, 4.69) is 10.6 Å². The molecule has 0 aromatic heterocycles. The first kappa shape index (κ1) is 11.6. The molecule has 2 N–H and O–H groups in total. The zero-order valence-electron chi connectivity index (χ0n) is 8.87. The van der Waals surface area contributed by atoms with Gasteiger partial charge in [0.05, 0.1) is 6.54 Å². The van der Waals surface area contributed by atoms with Gasteiger partial charge in [-0.25, -0.2) is 0 Å². The fourth-order valence-electron chi connectivity index (χ4n) is 1.56. The number of amides is 3. The van der Waals surface area contributed by atoms with E-state index in [1.807, 2.05) is 0 Å². The second-order valence-corrected chi connectivity index (χ2v) is 3.52. The smallest absolute Gasteiger partial charge is 0.248 e. The van der Waals surface area contributed by atoms with E-state index >= 15 is 0 Å². The summed E-state index contributed by atoms with van der Waals surface area (Å²) in [5.41, 5.74) is 0. The lowest BCUT2D eigenvalue weighted by atomic mass is 10.2. The third-order valence-corrected chi connectivity index (χ3v) is 2.23. The van der Waals surface area contributed by atoms with E-state index in [-0.39, 0.29) is 24.9 Å². The molecule has 1 aliphatic rings. The Kier molecular flexibility index (Phi) is 3.79. The number of imide groups is 1. The Bertz CT molecular complexity index is 290. The zero-order valence-corrected chi connectivity index (χ0v) is 8.87. The van der Waals surface area contributed by atoms with Gasteiger partial charge in [0, 0.05) is 12.6 Å². The van der Waals surface area contributed by atoms with Crippen LogP contribution in [0.15, 0.2) is 0 Å². The van der Waals surface area contributed by atoms with E-state index in [0.717, 1.165) is 4.90 Å². The summed E-state index contributed by atoms with van der Waals surface area (Å²) in [4.78, 5) is 35.3. The molecule has 1 unspecified atom stereocenters. The van der Waals surface area contributed by atoms with Gasteiger partial charge in [0.1, 0.15) is 6.42 Å². The fraction of sp³-hybridized carbons (Fsp3) is 0.667. The largest absolute Gasteiger partial charge is 0.347 e. The molecular formula is C9H15N3O3. The molecule has 0 radical (unpaired) electrons. The summed E-state index contributed by atoms with van der Waals surface area (Å²) in [5.74, 6) is -1.18. The Labute approximate surface area is 88.0 Å². The molecule has 3 amide bonds. The van der Waals surface area contributed by atoms with Crippen LogP contribution in [0.3, 0.4) is 0 Å². The molecule has 0 spiro atoms. The van der Waals surface area contributed by atoms with Crippen molar-refractivity contribution >= 4 is 17.7 Å². The van der Waals surface area contributed by atoms with Crippen molar-refractivity contribution in [2.24, 2.45) is 0 Å². The quantitative estimate of drug-likeness (QED) is 0.440. The topological polar surface area (TPSA) is 78.5 Å². The third-order valence-electron chi connectivity index (χ3n) is 2.23. The maximum atomic E-state index is 11.6. The standard InChI is InChI=1S/C9H15N3O3/c1-6(4-10-2)12-8(14)3-7(13)11-5-9(12)15/h6,10H,3-5H2,1-2H3,(H,11,13). The maximum absolute atomic E-state index is 11.6. The number of carbonyl (C=O) groups is 3. The second-order valence-electron chi connectivity index (χ2n) is 3.52. The first-order chi connectivity index (χ1) is 7.06. The van der Waals surface area contributed by atoms with Crippen LogP contribution in [-0.2, 0) is 14.4 Å². The predicted octanol–water partition coefficient (Wildman–Crippen LogP) is -1.53. The molecule has 84 valence electrons. The molecule has 1 heterocycles. The van der Waals surface area contributed by atoms with Gasteiger partial charge in [-0.15, -0.1) is 0 Å². The number of rotatable bonds is 3. The summed E-state index contributed by atoms with van der Waals surface area (Å²) in [6, 6.07) is -0.234. The van der Waals surface area contributed by atoms with E-state index in [0.29, 0.717) is 6.54 Å². The van der Waals surface area contributed by atoms with Crippen LogP contribution in [0, 0.1) is 0 Å². The molecule has 0 saturated carbocycles. The van der Waals surface area contributed by atoms with Crippen LogP contribution in [0.4, 0.5) is 0 Å². The average molecular weight is 213 g/mol. The zero-order chi connectivity index (χ0) is 11.4. The lowest BCUT2D eigenvalue weighted by Crippen LogP contribution is -2.47. The molecule has 1 fully saturated rings. The Morgan fingerprint density at radius 3 is 2.67 bits per heavy atom. The Morgan fingerprint density at radius 2 is 2.07 bits per heavy atom. The minimum atomic E-state index is -0.433. The minimum absolute atomic E-state index is 0.0986. The van der Waals surface area contributed by atoms with Crippen LogP contribution >= 0.6 is 0 Å². The number of likely N-dealkylation sites (N-methyl/N-ethyl adjacent to an activating group) is 1. The fourth-order valence-corrected chi connectivity index (χ4v) is 1.56. The number of hydrogen-bond acceptors (Lipinski definition) is 4. The molecule has 15 heavy (non-hydrogen) atoms. The summed E-state index contributed by atoms with van der Waals surface area (Å²) in [7, 11) is 1.74. The van der Waals surface area contributed by atoms with Crippen LogP contribution < -0.4 is 10.6 Å². The number of carbonyl (C=O) groups excluding carboxylic acids is 3. The summed E-state index contributed by atoms with van der Waals surface area (Å²) in [6.07, 6.45) is -0.250. The van der Waals surface area contributed by atoms with E-state index in [1.165, 1.54) is 0 Å². The van der Waals surface area contributed by atoms with Gasteiger partial charge in [-0.3, -0.25) is 19.3 Å². The summed E-state index contributed by atoms with van der Waals surface area (Å²) in [6.45, 7) is 2.19. The first-order valence-electron chi connectivity index (χ1n) is 4.82. The van der Waals surface area contributed by atoms with Gasteiger partial charge in [-0.1, -0.05) is 0 Å². The van der Waals surface area contributed by atoms with Gasteiger partial charge in [-0.05, 0) is 14.0 Å². The Morgan fingerprint density at radius 1 is 1.40 bits per heavy atom. The average Bonchev–Trinajstić information content (AvgIpc) is 2.26. The van der Waals surface area contributed by atoms with Crippen molar-refractivity contribution in [3.8, 4) is 0 Å². The van der Waals surface area contributed by atoms with Gasteiger partial charge in [0.25, 0.3) is 0 Å². The SMILES string of the molecule is CNCC(C)N1C(=O)CNC(=O)CC1=O. The van der Waals surface area contributed by atoms with Crippen LogP contribution in [0.5, 0.6) is 0 Å². The molecule has 1 atom stereocenters. The van der Waals surface area contributed by atoms with E-state index in [1.54, 1.807) is 14.0 Å². The van der Waals surface area contributed by atoms with Gasteiger partial charge in [-0.2, -0.15) is 0 Å². The maximum Gasteiger partial charge on any atom is 0.248 e. The minimum Gasteiger partial charge on any atom is -0.347 e. The summed E-state index contributed by atoms with van der Waals surface area (Å²) >= 11 is 0. The van der Waals surface area contributed by atoms with Crippen molar-refractivity contribution in [1.82, 2.24) is 15.5 Å². The van der Waals surface area contributed by atoms with Gasteiger partial charge >= 0.3 is 0 Å². The van der Waals surface area contributed by atoms with E-state index in [4.69, 9.17) is 0 Å². The van der Waals surface area contributed by atoms with E-state index in [9.17, 15) is 14.4 Å². The molecule has 0 aromatic rings. The Hall–Kier alpha value is -1.43. The third kappa shape index (κ3) is 2.76. The molecule has 0 aromatic carbocycles. The number of nitrogens with one attached hydrogen (secondary N) is 2. The highest BCUT2D eigenvalue weighted by Crippen LogP contribution is 2.05. The van der Waals surface area contributed by atoms with Crippen molar-refractivity contribution in [3.63, 3.8) is 0 Å². The molecule has 0 aliphatic carbocycles. The van der Waals surface area contributed by atoms with Crippen molar-refractivity contribution in [2.75, 3.05) is 20.1 Å².